The molecule has 0 aliphatic carbocycles. The molecule has 1 amide bonds. The molecule has 17 heavy (non-hydrogen) atoms. The molecule has 5 heteroatoms. The van der Waals surface area contributed by atoms with Gasteiger partial charge >= 0.3 is 0 Å². The second-order valence-electron chi connectivity index (χ2n) is 5.40. The summed E-state index contributed by atoms with van der Waals surface area (Å²) in [6, 6.07) is 0. The number of nitrogens with zero attached hydrogens (tertiary/aromatic N) is 3. The molecular formula is C12H18N4O. The van der Waals surface area contributed by atoms with Gasteiger partial charge in [-0.1, -0.05) is 0 Å². The van der Waals surface area contributed by atoms with Gasteiger partial charge in [-0.25, -0.2) is 4.98 Å². The standard InChI is InChI=1S/C12H18N4O/c1-12(2,3)15-11(17)9-7-16(8-9)10-6-13-4-5-14-10/h4-6,9H,7-8H2,1-3H3,(H,15,17). The Morgan fingerprint density at radius 1 is 1.41 bits per heavy atom. The van der Waals surface area contributed by atoms with Crippen LogP contribution < -0.4 is 10.2 Å². The molecule has 0 aromatic carbocycles. The summed E-state index contributed by atoms with van der Waals surface area (Å²) in [7, 11) is 0. The molecule has 1 saturated heterocycles. The minimum atomic E-state index is -0.163. The largest absolute Gasteiger partial charge is 0.354 e. The lowest BCUT2D eigenvalue weighted by Crippen LogP contribution is -2.56. The maximum Gasteiger partial charge on any atom is 0.227 e. The quantitative estimate of drug-likeness (QED) is 0.823. The molecular weight excluding hydrogens is 216 g/mol. The van der Waals surface area contributed by atoms with Gasteiger partial charge in [-0.2, -0.15) is 0 Å². The van der Waals surface area contributed by atoms with Gasteiger partial charge in [0.25, 0.3) is 0 Å². The molecule has 5 nitrogen and oxygen atoms in total. The Balaban J connectivity index is 1.85. The number of rotatable bonds is 2. The van der Waals surface area contributed by atoms with Crippen LogP contribution in [0, 0.1) is 5.92 Å². The van der Waals surface area contributed by atoms with Crippen LogP contribution in [0.2, 0.25) is 0 Å². The Kier molecular flexibility index (Phi) is 3.00. The first-order valence-electron chi connectivity index (χ1n) is 5.79. The smallest absolute Gasteiger partial charge is 0.227 e. The van der Waals surface area contributed by atoms with Crippen molar-refractivity contribution >= 4 is 11.7 Å². The minimum Gasteiger partial charge on any atom is -0.354 e. The SMILES string of the molecule is CC(C)(C)NC(=O)C1CN(c2cnccn2)C1. The van der Waals surface area contributed by atoms with Gasteiger partial charge < -0.3 is 10.2 Å². The van der Waals surface area contributed by atoms with E-state index in [0.717, 1.165) is 18.9 Å². The summed E-state index contributed by atoms with van der Waals surface area (Å²) < 4.78 is 0. The third-order valence-corrected chi connectivity index (χ3v) is 2.62. The van der Waals surface area contributed by atoms with E-state index < -0.39 is 0 Å². The van der Waals surface area contributed by atoms with Gasteiger partial charge in [0.15, 0.2) is 0 Å². The number of hydrogen-bond acceptors (Lipinski definition) is 4. The highest BCUT2D eigenvalue weighted by Gasteiger charge is 2.34. The molecule has 1 N–H and O–H groups in total. The first-order chi connectivity index (χ1) is 7.96. The molecule has 0 spiro atoms. The van der Waals surface area contributed by atoms with Crippen LogP contribution >= 0.6 is 0 Å². The molecule has 1 aliphatic heterocycles. The summed E-state index contributed by atoms with van der Waals surface area (Å²) >= 11 is 0. The van der Waals surface area contributed by atoms with Gasteiger partial charge in [-0.3, -0.25) is 9.78 Å². The normalized spacial score (nSPS) is 16.5. The fourth-order valence-corrected chi connectivity index (χ4v) is 1.76. The molecule has 1 aliphatic rings. The third kappa shape index (κ3) is 2.93. The first-order valence-corrected chi connectivity index (χ1v) is 5.79. The molecule has 0 unspecified atom stereocenters. The fourth-order valence-electron chi connectivity index (χ4n) is 1.76. The van der Waals surface area contributed by atoms with E-state index in [1.165, 1.54) is 0 Å². The lowest BCUT2D eigenvalue weighted by atomic mass is 9.97. The van der Waals surface area contributed by atoms with Crippen LogP contribution in [0.4, 0.5) is 5.82 Å². The second-order valence-corrected chi connectivity index (χ2v) is 5.40. The zero-order valence-corrected chi connectivity index (χ0v) is 10.5. The van der Waals surface area contributed by atoms with Crippen molar-refractivity contribution in [3.05, 3.63) is 18.6 Å². The summed E-state index contributed by atoms with van der Waals surface area (Å²) in [5, 5.41) is 2.99. The van der Waals surface area contributed by atoms with E-state index in [1.807, 2.05) is 20.8 Å². The van der Waals surface area contributed by atoms with Gasteiger partial charge in [-0.05, 0) is 20.8 Å². The van der Waals surface area contributed by atoms with Crippen LogP contribution in [0.3, 0.4) is 0 Å². The van der Waals surface area contributed by atoms with Gasteiger partial charge in [0.2, 0.25) is 5.91 Å². The molecule has 1 fully saturated rings. The van der Waals surface area contributed by atoms with Crippen LogP contribution in [-0.2, 0) is 4.79 Å². The Morgan fingerprint density at radius 2 is 2.12 bits per heavy atom. The molecule has 0 radical (unpaired) electrons. The number of carbonyl (C=O) groups excluding carboxylic acids is 1. The van der Waals surface area contributed by atoms with Gasteiger partial charge in [0, 0.05) is 31.0 Å². The molecule has 0 atom stereocenters. The zero-order valence-electron chi connectivity index (χ0n) is 10.5. The lowest BCUT2D eigenvalue weighted by molar-refractivity contribution is -0.127. The van der Waals surface area contributed by atoms with Crippen LogP contribution in [0.15, 0.2) is 18.6 Å². The van der Waals surface area contributed by atoms with Crippen LogP contribution in [0.25, 0.3) is 0 Å². The van der Waals surface area contributed by atoms with Gasteiger partial charge in [-0.15, -0.1) is 0 Å². The maximum absolute atomic E-state index is 11.8. The molecule has 1 aromatic rings. The zero-order chi connectivity index (χ0) is 12.5. The van der Waals surface area contributed by atoms with Crippen molar-refractivity contribution in [1.82, 2.24) is 15.3 Å². The van der Waals surface area contributed by atoms with Crippen molar-refractivity contribution in [2.45, 2.75) is 26.3 Å². The number of anilines is 1. The van der Waals surface area contributed by atoms with E-state index in [4.69, 9.17) is 0 Å². The van der Waals surface area contributed by atoms with Crippen molar-refractivity contribution in [2.24, 2.45) is 5.92 Å². The summed E-state index contributed by atoms with van der Waals surface area (Å²) in [6.45, 7) is 7.42. The Morgan fingerprint density at radius 3 is 2.65 bits per heavy atom. The molecule has 0 saturated carbocycles. The lowest BCUT2D eigenvalue weighted by Gasteiger charge is -2.40. The number of nitrogens with one attached hydrogen (secondary N) is 1. The van der Waals surface area contributed by atoms with Gasteiger partial charge in [0.05, 0.1) is 12.1 Å². The molecule has 2 rings (SSSR count). The third-order valence-electron chi connectivity index (χ3n) is 2.62. The summed E-state index contributed by atoms with van der Waals surface area (Å²) in [4.78, 5) is 22.1. The first kappa shape index (κ1) is 11.8. The Bertz CT molecular complexity index is 393. The number of amides is 1. The molecule has 92 valence electrons. The average Bonchev–Trinajstić information content (AvgIpc) is 2.14. The molecule has 1 aromatic heterocycles. The van der Waals surface area contributed by atoms with Crippen LogP contribution in [-0.4, -0.2) is 34.5 Å². The van der Waals surface area contributed by atoms with Crippen LogP contribution in [0.1, 0.15) is 20.8 Å². The predicted octanol–water partition coefficient (Wildman–Crippen LogP) is 0.827. The van der Waals surface area contributed by atoms with Crippen molar-refractivity contribution in [3.63, 3.8) is 0 Å². The predicted molar refractivity (Wildman–Crippen MR) is 65.6 cm³/mol. The monoisotopic (exact) mass is 234 g/mol. The highest BCUT2D eigenvalue weighted by molar-refractivity contribution is 5.82. The van der Waals surface area contributed by atoms with E-state index in [0.29, 0.717) is 0 Å². The van der Waals surface area contributed by atoms with Crippen LogP contribution in [0.5, 0.6) is 0 Å². The highest BCUT2D eigenvalue weighted by Crippen LogP contribution is 2.22. The molecule has 2 heterocycles. The van der Waals surface area contributed by atoms with Crippen molar-refractivity contribution in [3.8, 4) is 0 Å². The number of aromatic nitrogens is 2. The van der Waals surface area contributed by atoms with E-state index >= 15 is 0 Å². The number of hydrogen-bond donors (Lipinski definition) is 1. The van der Waals surface area contributed by atoms with E-state index in [-0.39, 0.29) is 17.4 Å². The van der Waals surface area contributed by atoms with E-state index in [2.05, 4.69) is 20.2 Å². The van der Waals surface area contributed by atoms with Crippen molar-refractivity contribution in [2.75, 3.05) is 18.0 Å². The number of carbonyl (C=O) groups is 1. The maximum atomic E-state index is 11.8. The fraction of sp³-hybridized carbons (Fsp3) is 0.583. The van der Waals surface area contributed by atoms with Gasteiger partial charge in [0.1, 0.15) is 5.82 Å². The highest BCUT2D eigenvalue weighted by atomic mass is 16.2. The summed E-state index contributed by atoms with van der Waals surface area (Å²) in [5.41, 5.74) is -0.163. The van der Waals surface area contributed by atoms with Crippen molar-refractivity contribution < 1.29 is 4.79 Å². The second kappa shape index (κ2) is 4.31. The minimum absolute atomic E-state index is 0.0660. The Hall–Kier alpha value is -1.65. The molecule has 0 bridgehead atoms. The summed E-state index contributed by atoms with van der Waals surface area (Å²) in [6.07, 6.45) is 5.03. The van der Waals surface area contributed by atoms with E-state index in [9.17, 15) is 4.79 Å². The Labute approximate surface area is 101 Å². The summed E-state index contributed by atoms with van der Waals surface area (Å²) in [5.74, 6) is 1.03. The van der Waals surface area contributed by atoms with Crippen molar-refractivity contribution in [1.29, 1.82) is 0 Å². The van der Waals surface area contributed by atoms with E-state index in [1.54, 1.807) is 18.6 Å². The average molecular weight is 234 g/mol. The topological polar surface area (TPSA) is 58.1 Å².